The van der Waals surface area contributed by atoms with E-state index < -0.39 is 22.4 Å². The van der Waals surface area contributed by atoms with Crippen molar-refractivity contribution >= 4 is 5.97 Å². The summed E-state index contributed by atoms with van der Waals surface area (Å²) >= 11 is 0. The molecule has 0 N–H and O–H groups in total. The highest BCUT2D eigenvalue weighted by Gasteiger charge is 2.72. The van der Waals surface area contributed by atoms with E-state index in [-0.39, 0.29) is 22.8 Å². The smallest absolute Gasteiger partial charge is 0.333 e. The van der Waals surface area contributed by atoms with Crippen LogP contribution in [0, 0.1) is 0 Å². The van der Waals surface area contributed by atoms with Gasteiger partial charge in [-0.25, -0.2) is 4.79 Å². The molecule has 7 rings (SSSR count). The van der Waals surface area contributed by atoms with Crippen molar-refractivity contribution in [1.29, 1.82) is 0 Å². The number of esters is 1. The van der Waals surface area contributed by atoms with Crippen LogP contribution in [0.2, 0.25) is 0 Å². The molecular formula is C47H80O8. The quantitative estimate of drug-likeness (QED) is 0.0422. The number of hydrogen-bond donors (Lipinski definition) is 0. The largest absolute Gasteiger partial charge is 0.455 e. The van der Waals surface area contributed by atoms with Gasteiger partial charge in [-0.2, -0.15) is 0 Å². The lowest BCUT2D eigenvalue weighted by Crippen LogP contribution is -2.74. The second-order valence-electron chi connectivity index (χ2n) is 20.2. The van der Waals surface area contributed by atoms with Gasteiger partial charge in [0.25, 0.3) is 0 Å². The summed E-state index contributed by atoms with van der Waals surface area (Å²) < 4.78 is 45.1. The first-order valence-corrected chi connectivity index (χ1v) is 23.0. The van der Waals surface area contributed by atoms with Gasteiger partial charge in [-0.1, -0.05) is 83.6 Å². The van der Waals surface area contributed by atoms with Crippen molar-refractivity contribution in [1.82, 2.24) is 0 Å². The van der Waals surface area contributed by atoms with Crippen LogP contribution in [0.5, 0.6) is 0 Å². The molecule has 3 unspecified atom stereocenters. The summed E-state index contributed by atoms with van der Waals surface area (Å²) in [5.41, 5.74) is -1.07. The molecule has 8 nitrogen and oxygen atoms in total. The molecule has 316 valence electrons. The Hall–Kier alpha value is -1.03. The fourth-order valence-electron chi connectivity index (χ4n) is 11.3. The van der Waals surface area contributed by atoms with Crippen LogP contribution in [-0.2, 0) is 38.0 Å². The van der Waals surface area contributed by atoms with Crippen molar-refractivity contribution in [3.63, 3.8) is 0 Å². The molecule has 0 spiro atoms. The molecule has 55 heavy (non-hydrogen) atoms. The first-order chi connectivity index (χ1) is 26.3. The SMILES string of the molecule is C=C(C)C(=O)OC12CC3(OCCCCCCCC4(C)CCO4)CC(OCCCCCCCC4(C)CCO4)(CC(OCCCCCCCC4(C)CCO4)(C3)C1)C2. The maximum Gasteiger partial charge on any atom is 0.333 e. The molecule has 0 radical (unpaired) electrons. The van der Waals surface area contributed by atoms with Gasteiger partial charge in [-0.15, -0.1) is 0 Å². The van der Waals surface area contributed by atoms with Crippen LogP contribution in [0.25, 0.3) is 0 Å². The van der Waals surface area contributed by atoms with Crippen LogP contribution in [0.1, 0.15) is 201 Å². The Labute approximate surface area is 335 Å². The van der Waals surface area contributed by atoms with Crippen molar-refractivity contribution in [2.45, 2.75) is 240 Å². The minimum absolute atomic E-state index is 0.133. The van der Waals surface area contributed by atoms with Crippen molar-refractivity contribution in [3.8, 4) is 0 Å². The average Bonchev–Trinajstić information content (AvgIpc) is 3.08. The van der Waals surface area contributed by atoms with Gasteiger partial charge in [0, 0.05) is 63.9 Å². The average molecular weight is 773 g/mol. The van der Waals surface area contributed by atoms with Gasteiger partial charge in [-0.3, -0.25) is 0 Å². The predicted molar refractivity (Wildman–Crippen MR) is 217 cm³/mol. The van der Waals surface area contributed by atoms with E-state index in [0.29, 0.717) is 5.57 Å². The minimum Gasteiger partial charge on any atom is -0.455 e. The Morgan fingerprint density at radius 2 is 0.745 bits per heavy atom. The zero-order valence-electron chi connectivity index (χ0n) is 35.8. The summed E-state index contributed by atoms with van der Waals surface area (Å²) in [5.74, 6) is -0.300. The van der Waals surface area contributed by atoms with Gasteiger partial charge in [0.05, 0.1) is 53.4 Å². The molecular weight excluding hydrogens is 693 g/mol. The van der Waals surface area contributed by atoms with Crippen LogP contribution in [0.4, 0.5) is 0 Å². The highest BCUT2D eigenvalue weighted by molar-refractivity contribution is 5.87. The topological polar surface area (TPSA) is 81.7 Å². The summed E-state index contributed by atoms with van der Waals surface area (Å²) in [5, 5.41) is 0. The summed E-state index contributed by atoms with van der Waals surface area (Å²) in [4.78, 5) is 13.3. The highest BCUT2D eigenvalue weighted by Crippen LogP contribution is 2.65. The molecule has 4 saturated carbocycles. The van der Waals surface area contributed by atoms with Gasteiger partial charge >= 0.3 is 5.97 Å². The zero-order chi connectivity index (χ0) is 38.9. The monoisotopic (exact) mass is 773 g/mol. The third-order valence-corrected chi connectivity index (χ3v) is 14.5. The second kappa shape index (κ2) is 18.9. The van der Waals surface area contributed by atoms with E-state index in [2.05, 4.69) is 27.4 Å². The lowest BCUT2D eigenvalue weighted by molar-refractivity contribution is -0.327. The molecule has 3 aliphatic heterocycles. The number of ether oxygens (including phenoxy) is 7. The first kappa shape index (κ1) is 43.5. The number of rotatable bonds is 29. The maximum absolute atomic E-state index is 13.3. The lowest BCUT2D eigenvalue weighted by Gasteiger charge is -2.68. The Morgan fingerprint density at radius 1 is 0.473 bits per heavy atom. The molecule has 8 heteroatoms. The van der Waals surface area contributed by atoms with Crippen LogP contribution >= 0.6 is 0 Å². The molecule has 3 atom stereocenters. The standard InChI is InChI=1S/C47H80O8/c1-39(2)40(48)55-47-36-44(52-27-18-12-6-9-15-21-41(3)24-30-49-41)33-45(37-47,53-28-19-13-7-10-16-22-42(4)25-31-50-42)35-46(34-44,38-47)54-29-20-14-8-11-17-23-43(5)26-32-51-43/h1,6-38H2,2-5H3. The number of unbranched alkanes of at least 4 members (excludes halogenated alkanes) is 12. The van der Waals surface area contributed by atoms with E-state index in [1.807, 2.05) is 0 Å². The molecule has 7 fully saturated rings. The minimum atomic E-state index is -0.663. The lowest BCUT2D eigenvalue weighted by atomic mass is 9.48. The van der Waals surface area contributed by atoms with Gasteiger partial charge < -0.3 is 33.2 Å². The van der Waals surface area contributed by atoms with E-state index in [9.17, 15) is 4.79 Å². The van der Waals surface area contributed by atoms with E-state index in [1.54, 1.807) is 6.92 Å². The summed E-state index contributed by atoms with van der Waals surface area (Å²) in [6, 6.07) is 0. The fourth-order valence-corrected chi connectivity index (χ4v) is 11.3. The molecule has 7 aliphatic rings. The summed E-state index contributed by atoms with van der Waals surface area (Å²) in [6.45, 7) is 17.4. The Balaban J connectivity index is 1.03. The number of carbonyl (C=O) groups excluding carboxylic acids is 1. The molecule has 4 aliphatic carbocycles. The van der Waals surface area contributed by atoms with Crippen LogP contribution < -0.4 is 0 Å². The molecule has 0 amide bonds. The molecule has 0 aromatic heterocycles. The Bertz CT molecular complexity index is 1100. The first-order valence-electron chi connectivity index (χ1n) is 23.0. The van der Waals surface area contributed by atoms with Gasteiger partial charge in [-0.05, 0) is 85.5 Å². The number of carbonyl (C=O) groups is 1. The van der Waals surface area contributed by atoms with Crippen molar-refractivity contribution < 1.29 is 38.0 Å². The maximum atomic E-state index is 13.3. The molecule has 0 aromatic carbocycles. The fraction of sp³-hybridized carbons (Fsp3) is 0.936. The Kier molecular flexibility index (Phi) is 15.0. The van der Waals surface area contributed by atoms with Gasteiger partial charge in [0.1, 0.15) is 5.60 Å². The number of hydrogen-bond acceptors (Lipinski definition) is 8. The molecule has 4 bridgehead atoms. The van der Waals surface area contributed by atoms with Gasteiger partial charge in [0.15, 0.2) is 0 Å². The van der Waals surface area contributed by atoms with E-state index >= 15 is 0 Å². The van der Waals surface area contributed by atoms with E-state index in [1.165, 1.54) is 116 Å². The highest BCUT2D eigenvalue weighted by atomic mass is 16.6. The van der Waals surface area contributed by atoms with Crippen molar-refractivity contribution in [3.05, 3.63) is 12.2 Å². The third-order valence-electron chi connectivity index (χ3n) is 14.5. The zero-order valence-corrected chi connectivity index (χ0v) is 35.8. The van der Waals surface area contributed by atoms with Crippen molar-refractivity contribution in [2.75, 3.05) is 39.6 Å². The second-order valence-corrected chi connectivity index (χ2v) is 20.2. The van der Waals surface area contributed by atoms with Crippen LogP contribution in [0.15, 0.2) is 12.2 Å². The molecule has 3 heterocycles. The summed E-state index contributed by atoms with van der Waals surface area (Å²) in [7, 11) is 0. The third kappa shape index (κ3) is 12.0. The predicted octanol–water partition coefficient (Wildman–Crippen LogP) is 11.1. The van der Waals surface area contributed by atoms with E-state index in [0.717, 1.165) is 97.4 Å². The normalized spacial score (nSPS) is 37.3. The summed E-state index contributed by atoms with van der Waals surface area (Å²) in [6.07, 6.45) is 29.7. The molecule has 3 saturated heterocycles. The van der Waals surface area contributed by atoms with Crippen LogP contribution in [-0.4, -0.2) is 84.8 Å². The van der Waals surface area contributed by atoms with E-state index in [4.69, 9.17) is 33.2 Å². The van der Waals surface area contributed by atoms with Crippen LogP contribution in [0.3, 0.4) is 0 Å². The van der Waals surface area contributed by atoms with Crippen molar-refractivity contribution in [2.24, 2.45) is 0 Å². The van der Waals surface area contributed by atoms with Gasteiger partial charge in [0.2, 0.25) is 0 Å². The molecule has 0 aromatic rings. The Morgan fingerprint density at radius 3 is 1.02 bits per heavy atom.